The molecule has 0 amide bonds. The van der Waals surface area contributed by atoms with Crippen molar-refractivity contribution in [3.8, 4) is 5.75 Å². The van der Waals surface area contributed by atoms with Crippen LogP contribution in [0.4, 0.5) is 0 Å². The van der Waals surface area contributed by atoms with Gasteiger partial charge in [0.15, 0.2) is 0 Å². The van der Waals surface area contributed by atoms with Crippen LogP contribution in [0.2, 0.25) is 5.02 Å². The maximum atomic E-state index is 8.98. The second-order valence-corrected chi connectivity index (χ2v) is 2.92. The van der Waals surface area contributed by atoms with Crippen molar-refractivity contribution >= 4 is 11.6 Å². The molecule has 12 heavy (non-hydrogen) atoms. The molecule has 0 saturated heterocycles. The molecular formula is C9H11ClO2. The van der Waals surface area contributed by atoms with Crippen molar-refractivity contribution in [1.82, 2.24) is 0 Å². The van der Waals surface area contributed by atoms with Gasteiger partial charge in [-0.15, -0.1) is 0 Å². The van der Waals surface area contributed by atoms with Crippen molar-refractivity contribution in [2.75, 3.05) is 7.11 Å². The second-order valence-electron chi connectivity index (χ2n) is 2.51. The van der Waals surface area contributed by atoms with Crippen molar-refractivity contribution < 1.29 is 9.84 Å². The molecule has 0 bridgehead atoms. The lowest BCUT2D eigenvalue weighted by Crippen LogP contribution is -1.94. The molecule has 0 radical (unpaired) electrons. The van der Waals surface area contributed by atoms with Gasteiger partial charge in [0.25, 0.3) is 0 Å². The van der Waals surface area contributed by atoms with Crippen molar-refractivity contribution in [1.29, 1.82) is 0 Å². The van der Waals surface area contributed by atoms with E-state index in [1.807, 2.05) is 6.92 Å². The number of hydrogen-bond donors (Lipinski definition) is 1. The van der Waals surface area contributed by atoms with Gasteiger partial charge >= 0.3 is 0 Å². The van der Waals surface area contributed by atoms with Gasteiger partial charge in [-0.2, -0.15) is 0 Å². The Morgan fingerprint density at radius 1 is 1.50 bits per heavy atom. The van der Waals surface area contributed by atoms with Crippen LogP contribution in [0.15, 0.2) is 12.1 Å². The van der Waals surface area contributed by atoms with Gasteiger partial charge in [0, 0.05) is 10.6 Å². The van der Waals surface area contributed by atoms with Crippen molar-refractivity contribution in [2.24, 2.45) is 0 Å². The number of rotatable bonds is 2. The minimum Gasteiger partial charge on any atom is -0.496 e. The molecule has 1 N–H and O–H groups in total. The number of ether oxygens (including phenoxy) is 1. The van der Waals surface area contributed by atoms with Crippen molar-refractivity contribution in [2.45, 2.75) is 13.5 Å². The third-order valence-corrected chi connectivity index (χ3v) is 2.22. The fourth-order valence-corrected chi connectivity index (χ4v) is 1.38. The molecule has 0 aliphatic heterocycles. The highest BCUT2D eigenvalue weighted by Gasteiger charge is 2.07. The third-order valence-electron chi connectivity index (χ3n) is 1.87. The van der Waals surface area contributed by atoms with Gasteiger partial charge < -0.3 is 9.84 Å². The van der Waals surface area contributed by atoms with E-state index in [0.717, 1.165) is 16.9 Å². The molecule has 0 aliphatic carbocycles. The first-order valence-corrected chi connectivity index (χ1v) is 4.01. The highest BCUT2D eigenvalue weighted by molar-refractivity contribution is 6.31. The van der Waals surface area contributed by atoms with Crippen LogP contribution in [0.3, 0.4) is 0 Å². The van der Waals surface area contributed by atoms with Gasteiger partial charge in [-0.3, -0.25) is 0 Å². The molecule has 0 saturated carbocycles. The van der Waals surface area contributed by atoms with Gasteiger partial charge in [0.05, 0.1) is 13.7 Å². The standard InChI is InChI=1S/C9H11ClO2/c1-6-7(5-11)8(10)3-4-9(6)12-2/h3-4,11H,5H2,1-2H3. The zero-order chi connectivity index (χ0) is 9.14. The number of aliphatic hydroxyl groups excluding tert-OH is 1. The SMILES string of the molecule is COc1ccc(Cl)c(CO)c1C. The summed E-state index contributed by atoms with van der Waals surface area (Å²) in [5.74, 6) is 0.753. The number of hydrogen-bond acceptors (Lipinski definition) is 2. The molecule has 0 fully saturated rings. The molecule has 0 aromatic heterocycles. The van der Waals surface area contributed by atoms with E-state index in [9.17, 15) is 0 Å². The minimum absolute atomic E-state index is 0.0537. The molecule has 1 rings (SSSR count). The summed E-state index contributed by atoms with van der Waals surface area (Å²) in [4.78, 5) is 0. The predicted octanol–water partition coefficient (Wildman–Crippen LogP) is 2.15. The molecule has 0 spiro atoms. The van der Waals surface area contributed by atoms with Crippen LogP contribution >= 0.6 is 11.6 Å². The summed E-state index contributed by atoms with van der Waals surface area (Å²) < 4.78 is 5.07. The number of aliphatic hydroxyl groups is 1. The Morgan fingerprint density at radius 2 is 2.17 bits per heavy atom. The lowest BCUT2D eigenvalue weighted by molar-refractivity contribution is 0.280. The average Bonchev–Trinajstić information content (AvgIpc) is 2.06. The Kier molecular flexibility index (Phi) is 2.95. The topological polar surface area (TPSA) is 29.5 Å². The smallest absolute Gasteiger partial charge is 0.122 e. The normalized spacial score (nSPS) is 10.0. The summed E-state index contributed by atoms with van der Waals surface area (Å²) in [6, 6.07) is 3.51. The first-order chi connectivity index (χ1) is 5.70. The van der Waals surface area contributed by atoms with Crippen LogP contribution < -0.4 is 4.74 Å². The Balaban J connectivity index is 3.24. The highest BCUT2D eigenvalue weighted by atomic mass is 35.5. The van der Waals surface area contributed by atoms with E-state index in [1.165, 1.54) is 0 Å². The van der Waals surface area contributed by atoms with Gasteiger partial charge in [-0.1, -0.05) is 11.6 Å². The van der Waals surface area contributed by atoms with Crippen LogP contribution in [0.1, 0.15) is 11.1 Å². The van der Waals surface area contributed by atoms with Crippen LogP contribution in [0, 0.1) is 6.92 Å². The first-order valence-electron chi connectivity index (χ1n) is 3.63. The van der Waals surface area contributed by atoms with Crippen LogP contribution in [0.5, 0.6) is 5.75 Å². The molecule has 66 valence electrons. The van der Waals surface area contributed by atoms with Crippen LogP contribution in [-0.2, 0) is 6.61 Å². The molecule has 1 aromatic carbocycles. The van der Waals surface area contributed by atoms with Crippen molar-refractivity contribution in [3.05, 3.63) is 28.3 Å². The fourth-order valence-electron chi connectivity index (χ4n) is 1.12. The third kappa shape index (κ3) is 1.54. The van der Waals surface area contributed by atoms with Gasteiger partial charge in [0.2, 0.25) is 0 Å². The molecule has 0 unspecified atom stereocenters. The number of benzene rings is 1. The van der Waals surface area contributed by atoms with E-state index in [-0.39, 0.29) is 6.61 Å². The fraction of sp³-hybridized carbons (Fsp3) is 0.333. The maximum Gasteiger partial charge on any atom is 0.122 e. The minimum atomic E-state index is -0.0537. The van der Waals surface area contributed by atoms with E-state index in [2.05, 4.69) is 0 Å². The first kappa shape index (κ1) is 9.36. The molecule has 0 heterocycles. The predicted molar refractivity (Wildman–Crippen MR) is 48.7 cm³/mol. The van der Waals surface area contributed by atoms with Crippen molar-refractivity contribution in [3.63, 3.8) is 0 Å². The molecule has 0 atom stereocenters. The summed E-state index contributed by atoms with van der Waals surface area (Å²) in [6.45, 7) is 1.82. The molecule has 2 nitrogen and oxygen atoms in total. The lowest BCUT2D eigenvalue weighted by Gasteiger charge is -2.09. The average molecular weight is 187 g/mol. The largest absolute Gasteiger partial charge is 0.496 e. The zero-order valence-corrected chi connectivity index (χ0v) is 7.85. The summed E-state index contributed by atoms with van der Waals surface area (Å²) >= 11 is 5.84. The van der Waals surface area contributed by atoms with E-state index in [1.54, 1.807) is 19.2 Å². The number of methoxy groups -OCH3 is 1. The van der Waals surface area contributed by atoms with Gasteiger partial charge in [-0.25, -0.2) is 0 Å². The van der Waals surface area contributed by atoms with E-state index < -0.39 is 0 Å². The van der Waals surface area contributed by atoms with E-state index in [0.29, 0.717) is 5.02 Å². The van der Waals surface area contributed by atoms with Crippen LogP contribution in [0.25, 0.3) is 0 Å². The molecule has 3 heteroatoms. The Morgan fingerprint density at radius 3 is 2.67 bits per heavy atom. The monoisotopic (exact) mass is 186 g/mol. The Hall–Kier alpha value is -0.730. The summed E-state index contributed by atoms with van der Waals surface area (Å²) in [5, 5.41) is 9.56. The molecular weight excluding hydrogens is 176 g/mol. The van der Waals surface area contributed by atoms with Gasteiger partial charge in [-0.05, 0) is 24.6 Å². The summed E-state index contributed by atoms with van der Waals surface area (Å²) in [7, 11) is 1.59. The Labute approximate surface area is 76.7 Å². The van der Waals surface area contributed by atoms with Crippen LogP contribution in [-0.4, -0.2) is 12.2 Å². The molecule has 0 aliphatic rings. The van der Waals surface area contributed by atoms with Gasteiger partial charge in [0.1, 0.15) is 5.75 Å². The Bertz CT molecular complexity index is 284. The second kappa shape index (κ2) is 3.78. The zero-order valence-electron chi connectivity index (χ0n) is 7.10. The number of halogens is 1. The lowest BCUT2D eigenvalue weighted by atomic mass is 10.1. The quantitative estimate of drug-likeness (QED) is 0.767. The molecule has 1 aromatic rings. The highest BCUT2D eigenvalue weighted by Crippen LogP contribution is 2.27. The van der Waals surface area contributed by atoms with E-state index in [4.69, 9.17) is 21.4 Å². The summed E-state index contributed by atoms with van der Waals surface area (Å²) in [6.07, 6.45) is 0. The van der Waals surface area contributed by atoms with E-state index >= 15 is 0 Å². The summed E-state index contributed by atoms with van der Waals surface area (Å²) in [5.41, 5.74) is 1.63. The maximum absolute atomic E-state index is 8.98.